The molecule has 4 aromatic rings. The summed E-state index contributed by atoms with van der Waals surface area (Å²) in [5.74, 6) is -0.0953. The van der Waals surface area contributed by atoms with Gasteiger partial charge in [-0.2, -0.15) is 18.3 Å². The van der Waals surface area contributed by atoms with Gasteiger partial charge >= 0.3 is 6.18 Å². The lowest BCUT2D eigenvalue weighted by Gasteiger charge is -2.10. The zero-order chi connectivity index (χ0) is 23.6. The molecule has 172 valence electrons. The molecule has 33 heavy (non-hydrogen) atoms. The Bertz CT molecular complexity index is 1340. The van der Waals surface area contributed by atoms with Crippen LogP contribution < -0.4 is 10.9 Å². The molecule has 0 saturated carbocycles. The minimum atomic E-state index is -4.53. The topological polar surface area (TPSA) is 95.0 Å². The number of unbranched alkanes of at least 4 members (excludes halogenated alkanes) is 1. The van der Waals surface area contributed by atoms with Crippen molar-refractivity contribution in [2.24, 2.45) is 0 Å². The molecule has 4 rings (SSSR count). The van der Waals surface area contributed by atoms with E-state index in [2.05, 4.69) is 15.4 Å². The monoisotopic (exact) mass is 459 g/mol. The Morgan fingerprint density at radius 1 is 1.18 bits per heavy atom. The third kappa shape index (κ3) is 4.81. The SMILES string of the molecule is CCCCn1nc(C(=O)Nc2nc3cc(C(F)(F)F)ccc3n2Cc2ccco2)ccc1=O. The Balaban J connectivity index is 1.71. The zero-order valence-electron chi connectivity index (χ0n) is 17.6. The van der Waals surface area contributed by atoms with E-state index < -0.39 is 17.6 Å². The summed E-state index contributed by atoms with van der Waals surface area (Å²) in [5, 5.41) is 6.70. The number of amides is 1. The van der Waals surface area contributed by atoms with Crippen molar-refractivity contribution >= 4 is 22.9 Å². The van der Waals surface area contributed by atoms with Crippen LogP contribution in [0.3, 0.4) is 0 Å². The number of benzene rings is 1. The Hall–Kier alpha value is -3.89. The Labute approximate surface area is 185 Å². The Morgan fingerprint density at radius 2 is 2.00 bits per heavy atom. The van der Waals surface area contributed by atoms with Crippen LogP contribution in [-0.2, 0) is 19.3 Å². The first-order chi connectivity index (χ1) is 15.8. The minimum Gasteiger partial charge on any atom is -0.467 e. The molecule has 11 heteroatoms. The molecule has 0 fully saturated rings. The molecule has 0 aliphatic heterocycles. The van der Waals surface area contributed by atoms with E-state index in [-0.39, 0.29) is 29.3 Å². The summed E-state index contributed by atoms with van der Waals surface area (Å²) in [4.78, 5) is 29.0. The maximum Gasteiger partial charge on any atom is 0.416 e. The van der Waals surface area contributed by atoms with Crippen LogP contribution in [0.5, 0.6) is 0 Å². The summed E-state index contributed by atoms with van der Waals surface area (Å²) >= 11 is 0. The molecule has 3 aromatic heterocycles. The molecule has 0 aliphatic carbocycles. The van der Waals surface area contributed by atoms with Crippen LogP contribution in [0.15, 0.2) is 57.9 Å². The Morgan fingerprint density at radius 3 is 2.70 bits per heavy atom. The van der Waals surface area contributed by atoms with E-state index in [1.54, 1.807) is 16.7 Å². The van der Waals surface area contributed by atoms with E-state index >= 15 is 0 Å². The van der Waals surface area contributed by atoms with Crippen molar-refractivity contribution in [3.05, 3.63) is 76.1 Å². The van der Waals surface area contributed by atoms with E-state index in [1.807, 2.05) is 6.92 Å². The largest absolute Gasteiger partial charge is 0.467 e. The number of hydrogen-bond donors (Lipinski definition) is 1. The third-order valence-electron chi connectivity index (χ3n) is 5.02. The summed E-state index contributed by atoms with van der Waals surface area (Å²) in [6.07, 6.45) is -1.49. The minimum absolute atomic E-state index is 0.0155. The van der Waals surface area contributed by atoms with Gasteiger partial charge in [-0.1, -0.05) is 13.3 Å². The van der Waals surface area contributed by atoms with Gasteiger partial charge in [0.2, 0.25) is 5.95 Å². The molecule has 3 heterocycles. The number of alkyl halides is 3. The number of carbonyl (C=O) groups is 1. The van der Waals surface area contributed by atoms with Crippen molar-refractivity contribution in [1.82, 2.24) is 19.3 Å². The van der Waals surface area contributed by atoms with Crippen LogP contribution >= 0.6 is 0 Å². The second kappa shape index (κ2) is 8.93. The fraction of sp³-hybridized carbons (Fsp3) is 0.273. The molecule has 1 N–H and O–H groups in total. The number of aryl methyl sites for hydroxylation is 1. The second-order valence-corrected chi connectivity index (χ2v) is 7.39. The molecule has 1 amide bonds. The van der Waals surface area contributed by atoms with Crippen molar-refractivity contribution in [2.45, 2.75) is 39.0 Å². The molecule has 0 saturated heterocycles. The lowest BCUT2D eigenvalue weighted by molar-refractivity contribution is -0.137. The predicted molar refractivity (Wildman–Crippen MR) is 114 cm³/mol. The first-order valence-corrected chi connectivity index (χ1v) is 10.3. The van der Waals surface area contributed by atoms with E-state index in [0.717, 1.165) is 25.0 Å². The van der Waals surface area contributed by atoms with Crippen LogP contribution in [0.25, 0.3) is 11.0 Å². The number of hydrogen-bond acceptors (Lipinski definition) is 5. The highest BCUT2D eigenvalue weighted by Crippen LogP contribution is 2.32. The molecule has 0 atom stereocenters. The van der Waals surface area contributed by atoms with Crippen LogP contribution in [-0.4, -0.2) is 25.2 Å². The summed E-state index contributed by atoms with van der Waals surface area (Å²) in [6, 6.07) is 9.10. The molecular weight excluding hydrogens is 439 g/mol. The number of nitrogens with zero attached hydrogens (tertiary/aromatic N) is 4. The van der Waals surface area contributed by atoms with Gasteiger partial charge in [0, 0.05) is 12.6 Å². The summed E-state index contributed by atoms with van der Waals surface area (Å²) in [5.41, 5.74) is -0.744. The smallest absolute Gasteiger partial charge is 0.416 e. The number of fused-ring (bicyclic) bond motifs is 1. The van der Waals surface area contributed by atoms with Gasteiger partial charge in [0.05, 0.1) is 29.4 Å². The number of anilines is 1. The number of aromatic nitrogens is 4. The summed E-state index contributed by atoms with van der Waals surface area (Å²) < 4.78 is 47.6. The van der Waals surface area contributed by atoms with Crippen LogP contribution in [0, 0.1) is 0 Å². The van der Waals surface area contributed by atoms with E-state index in [1.165, 1.54) is 29.1 Å². The Kier molecular flexibility index (Phi) is 6.03. The molecule has 8 nitrogen and oxygen atoms in total. The number of rotatable bonds is 7. The van der Waals surface area contributed by atoms with Gasteiger partial charge in [0.25, 0.3) is 11.5 Å². The molecule has 0 radical (unpaired) electrons. The second-order valence-electron chi connectivity index (χ2n) is 7.39. The molecule has 1 aromatic carbocycles. The van der Waals surface area contributed by atoms with Crippen LogP contribution in [0.4, 0.5) is 19.1 Å². The van der Waals surface area contributed by atoms with Gasteiger partial charge < -0.3 is 8.98 Å². The van der Waals surface area contributed by atoms with Gasteiger partial charge in [-0.15, -0.1) is 0 Å². The van der Waals surface area contributed by atoms with Crippen molar-refractivity contribution < 1.29 is 22.4 Å². The van der Waals surface area contributed by atoms with Crippen molar-refractivity contribution in [3.8, 4) is 0 Å². The standard InChI is InChI=1S/C22H20F3N5O3/c1-2-3-10-30-19(31)9-7-16(28-30)20(32)27-21-26-17-12-14(22(23,24)25)6-8-18(17)29(21)13-15-5-4-11-33-15/h4-9,11-12H,2-3,10,13H2,1H3,(H,26,27,32). The highest BCUT2D eigenvalue weighted by Gasteiger charge is 2.31. The third-order valence-corrected chi connectivity index (χ3v) is 5.02. The van der Waals surface area contributed by atoms with Gasteiger partial charge in [0.1, 0.15) is 11.5 Å². The highest BCUT2D eigenvalue weighted by atomic mass is 19.4. The number of nitrogens with one attached hydrogen (secondary N) is 1. The van der Waals surface area contributed by atoms with Gasteiger partial charge in [0.15, 0.2) is 0 Å². The first-order valence-electron chi connectivity index (χ1n) is 10.3. The van der Waals surface area contributed by atoms with E-state index in [9.17, 15) is 22.8 Å². The maximum atomic E-state index is 13.2. The number of halogens is 3. The number of furan rings is 1. The zero-order valence-corrected chi connectivity index (χ0v) is 17.6. The highest BCUT2D eigenvalue weighted by molar-refractivity contribution is 6.02. The van der Waals surface area contributed by atoms with Crippen LogP contribution in [0.1, 0.15) is 41.6 Å². The molecule has 0 spiro atoms. The summed E-state index contributed by atoms with van der Waals surface area (Å²) in [7, 11) is 0. The lowest BCUT2D eigenvalue weighted by atomic mass is 10.2. The molecule has 0 aliphatic rings. The van der Waals surface area contributed by atoms with E-state index in [0.29, 0.717) is 17.8 Å². The fourth-order valence-corrected chi connectivity index (χ4v) is 3.32. The fourth-order valence-electron chi connectivity index (χ4n) is 3.32. The number of imidazole rings is 1. The average Bonchev–Trinajstić information content (AvgIpc) is 3.40. The van der Waals surface area contributed by atoms with Crippen molar-refractivity contribution in [3.63, 3.8) is 0 Å². The van der Waals surface area contributed by atoms with Gasteiger partial charge in [-0.05, 0) is 42.8 Å². The van der Waals surface area contributed by atoms with Gasteiger partial charge in [-0.25, -0.2) is 9.67 Å². The molecule has 0 bridgehead atoms. The normalized spacial score (nSPS) is 11.8. The first kappa shape index (κ1) is 22.3. The number of carbonyl (C=O) groups excluding carboxylic acids is 1. The van der Waals surface area contributed by atoms with Crippen molar-refractivity contribution in [1.29, 1.82) is 0 Å². The van der Waals surface area contributed by atoms with Crippen molar-refractivity contribution in [2.75, 3.05) is 5.32 Å². The lowest BCUT2D eigenvalue weighted by Crippen LogP contribution is -2.26. The maximum absolute atomic E-state index is 13.2. The quantitative estimate of drug-likeness (QED) is 0.445. The van der Waals surface area contributed by atoms with Gasteiger partial charge in [-0.3, -0.25) is 14.9 Å². The predicted octanol–water partition coefficient (Wildman–Crippen LogP) is 4.31. The molecular formula is C22H20F3N5O3. The summed E-state index contributed by atoms with van der Waals surface area (Å²) in [6.45, 7) is 2.47. The molecule has 0 unspecified atom stereocenters. The van der Waals surface area contributed by atoms with Crippen LogP contribution in [0.2, 0.25) is 0 Å². The average molecular weight is 459 g/mol. The van der Waals surface area contributed by atoms with E-state index in [4.69, 9.17) is 4.42 Å².